The zero-order valence-electron chi connectivity index (χ0n) is 21.0. The van der Waals surface area contributed by atoms with E-state index in [9.17, 15) is 22.8 Å². The van der Waals surface area contributed by atoms with Gasteiger partial charge in [0.05, 0.1) is 5.56 Å². The minimum Gasteiger partial charge on any atom is -0.352 e. The van der Waals surface area contributed by atoms with Crippen LogP contribution in [0.1, 0.15) is 62.4 Å². The Morgan fingerprint density at radius 2 is 1.68 bits per heavy atom. The van der Waals surface area contributed by atoms with Gasteiger partial charge in [-0.15, -0.1) is 0 Å². The third-order valence-corrected chi connectivity index (χ3v) is 8.99. The zero-order chi connectivity index (χ0) is 27.3. The average Bonchev–Trinajstić information content (AvgIpc) is 3.06. The monoisotopic (exact) mass is 567 g/mol. The molecule has 8 nitrogen and oxygen atoms in total. The quantitative estimate of drug-likeness (QED) is 0.426. The van der Waals surface area contributed by atoms with Crippen LogP contribution in [0.25, 0.3) is 0 Å². The maximum Gasteiger partial charge on any atom is 0.269 e. The molecular weight excluding hydrogens is 537 g/mol. The molecule has 1 N–H and O–H groups in total. The Hall–Kier alpha value is -2.62. The first-order valence-electron chi connectivity index (χ1n) is 12.2. The van der Waals surface area contributed by atoms with Crippen LogP contribution in [0.15, 0.2) is 47.4 Å². The van der Waals surface area contributed by atoms with Gasteiger partial charge >= 0.3 is 0 Å². The largest absolute Gasteiger partial charge is 0.352 e. The van der Waals surface area contributed by atoms with E-state index < -0.39 is 22.0 Å². The van der Waals surface area contributed by atoms with Crippen molar-refractivity contribution in [3.05, 3.63) is 63.6 Å². The van der Waals surface area contributed by atoms with Gasteiger partial charge in [0.1, 0.15) is 10.9 Å². The number of sulfonamides is 1. The first kappa shape index (κ1) is 28.9. The summed E-state index contributed by atoms with van der Waals surface area (Å²) >= 11 is 12.7. The number of fused-ring (bicyclic) bond motifs is 1. The number of nitrogens with zero attached hydrogens (tertiary/aromatic N) is 2. The second-order valence-electron chi connectivity index (χ2n) is 8.95. The number of nitrogens with one attached hydrogen (secondary N) is 1. The summed E-state index contributed by atoms with van der Waals surface area (Å²) < 4.78 is 26.4. The summed E-state index contributed by atoms with van der Waals surface area (Å²) in [6.45, 7) is 5.49. The fraction of sp³-hybridized carbons (Fsp3) is 0.423. The molecule has 200 valence electrons. The number of rotatable bonds is 11. The highest BCUT2D eigenvalue weighted by Gasteiger charge is 2.40. The molecule has 0 saturated carbocycles. The molecule has 1 aliphatic rings. The van der Waals surface area contributed by atoms with E-state index in [2.05, 4.69) is 5.32 Å². The lowest BCUT2D eigenvalue weighted by molar-refractivity contribution is -0.141. The van der Waals surface area contributed by atoms with Crippen LogP contribution in [0, 0.1) is 0 Å². The highest BCUT2D eigenvalue weighted by atomic mass is 35.5. The lowest BCUT2D eigenvalue weighted by Crippen LogP contribution is -2.50. The van der Waals surface area contributed by atoms with Gasteiger partial charge in [0.2, 0.25) is 11.8 Å². The number of amides is 3. The average molecular weight is 569 g/mol. The first-order chi connectivity index (χ1) is 17.5. The molecule has 0 saturated heterocycles. The van der Waals surface area contributed by atoms with Crippen molar-refractivity contribution in [2.45, 2.75) is 70.0 Å². The minimum atomic E-state index is -3.96. The Morgan fingerprint density at radius 1 is 1.03 bits per heavy atom. The van der Waals surface area contributed by atoms with Crippen LogP contribution in [-0.4, -0.2) is 54.0 Å². The molecule has 37 heavy (non-hydrogen) atoms. The molecule has 3 amide bonds. The molecule has 0 aromatic heterocycles. The van der Waals surface area contributed by atoms with Crippen molar-refractivity contribution in [1.82, 2.24) is 14.5 Å². The summed E-state index contributed by atoms with van der Waals surface area (Å²) in [4.78, 5) is 40.6. The van der Waals surface area contributed by atoms with Gasteiger partial charge in [0, 0.05) is 41.2 Å². The van der Waals surface area contributed by atoms with E-state index in [1.807, 2.05) is 20.8 Å². The fourth-order valence-electron chi connectivity index (χ4n) is 4.18. The van der Waals surface area contributed by atoms with Gasteiger partial charge in [-0.05, 0) is 50.5 Å². The number of carbonyl (C=O) groups is 3. The smallest absolute Gasteiger partial charge is 0.269 e. The summed E-state index contributed by atoms with van der Waals surface area (Å²) in [5.74, 6) is -1.27. The van der Waals surface area contributed by atoms with Gasteiger partial charge in [0.25, 0.3) is 15.9 Å². The number of hydrogen-bond acceptors (Lipinski definition) is 5. The summed E-state index contributed by atoms with van der Waals surface area (Å²) in [6, 6.07) is 10.2. The summed E-state index contributed by atoms with van der Waals surface area (Å²) in [7, 11) is -3.96. The van der Waals surface area contributed by atoms with Crippen LogP contribution < -0.4 is 5.32 Å². The van der Waals surface area contributed by atoms with Gasteiger partial charge in [-0.1, -0.05) is 55.2 Å². The van der Waals surface area contributed by atoms with Gasteiger partial charge in [0.15, 0.2) is 0 Å². The minimum absolute atomic E-state index is 0.0101. The molecule has 3 rings (SSSR count). The van der Waals surface area contributed by atoms with E-state index in [1.54, 1.807) is 30.3 Å². The molecule has 11 heteroatoms. The van der Waals surface area contributed by atoms with Crippen molar-refractivity contribution in [1.29, 1.82) is 0 Å². The van der Waals surface area contributed by atoms with Crippen molar-refractivity contribution in [2.75, 3.05) is 6.54 Å². The van der Waals surface area contributed by atoms with Crippen LogP contribution in [0.2, 0.25) is 10.0 Å². The topological polar surface area (TPSA) is 104 Å². The fourth-order valence-corrected chi connectivity index (χ4v) is 6.31. The molecule has 0 aliphatic carbocycles. The van der Waals surface area contributed by atoms with Crippen molar-refractivity contribution < 1.29 is 22.8 Å². The number of hydrogen-bond donors (Lipinski definition) is 1. The third-order valence-electron chi connectivity index (χ3n) is 6.44. The summed E-state index contributed by atoms with van der Waals surface area (Å²) in [6.07, 6.45) is 1.09. The molecule has 2 atom stereocenters. The molecule has 0 bridgehead atoms. The molecule has 0 fully saturated rings. The summed E-state index contributed by atoms with van der Waals surface area (Å²) in [5, 5.41) is 3.67. The normalized spacial score (nSPS) is 15.7. The second-order valence-corrected chi connectivity index (χ2v) is 11.6. The van der Waals surface area contributed by atoms with Gasteiger partial charge in [-0.25, -0.2) is 12.7 Å². The number of benzene rings is 2. The van der Waals surface area contributed by atoms with E-state index in [-0.39, 0.29) is 54.2 Å². The van der Waals surface area contributed by atoms with E-state index in [0.717, 1.165) is 10.7 Å². The molecular formula is C26H31Cl2N3O5S. The van der Waals surface area contributed by atoms with Crippen molar-refractivity contribution >= 4 is 50.9 Å². The zero-order valence-corrected chi connectivity index (χ0v) is 23.4. The van der Waals surface area contributed by atoms with E-state index >= 15 is 0 Å². The Bertz CT molecular complexity index is 1260. The molecule has 0 unspecified atom stereocenters. The Balaban J connectivity index is 1.79. The van der Waals surface area contributed by atoms with Crippen molar-refractivity contribution in [2.24, 2.45) is 0 Å². The lowest BCUT2D eigenvalue weighted by Gasteiger charge is -2.32. The molecule has 1 heterocycles. The Labute approximate surface area is 228 Å². The van der Waals surface area contributed by atoms with E-state index in [1.165, 1.54) is 17.0 Å². The van der Waals surface area contributed by atoms with Crippen LogP contribution in [0.5, 0.6) is 0 Å². The second kappa shape index (κ2) is 12.3. The molecule has 0 radical (unpaired) electrons. The molecule has 2 aromatic carbocycles. The highest BCUT2D eigenvalue weighted by molar-refractivity contribution is 7.90. The van der Waals surface area contributed by atoms with Crippen LogP contribution in [-0.2, 0) is 26.2 Å². The number of halogens is 2. The predicted octanol–water partition coefficient (Wildman–Crippen LogP) is 4.64. The standard InChI is InChI=1S/C26H31Cl2N3O5S/c1-4-17(3)29-25(33)22(5-2)30(16-19-20(27)11-8-12-21(19)28)24(32)14-9-15-31-26(34)18-10-6-7-13-23(18)37(31,35)36/h6-8,10-13,17,22H,4-5,9,14-16H2,1-3H3,(H,29,33)/t17-,22+/m0/s1. The first-order valence-corrected chi connectivity index (χ1v) is 14.4. The van der Waals surface area contributed by atoms with Gasteiger partial charge in [-0.2, -0.15) is 0 Å². The maximum atomic E-state index is 13.5. The van der Waals surface area contributed by atoms with Crippen LogP contribution in [0.4, 0.5) is 0 Å². The predicted molar refractivity (Wildman–Crippen MR) is 143 cm³/mol. The Morgan fingerprint density at radius 3 is 2.27 bits per heavy atom. The SMILES string of the molecule is CC[C@H](C(=O)N[C@@H](C)CC)N(Cc1c(Cl)cccc1Cl)C(=O)CCCN1C(=O)c2ccccc2S1(=O)=O. The maximum absolute atomic E-state index is 13.5. The number of carbonyl (C=O) groups excluding carboxylic acids is 3. The van der Waals surface area contributed by atoms with Crippen molar-refractivity contribution in [3.8, 4) is 0 Å². The van der Waals surface area contributed by atoms with Crippen LogP contribution in [0.3, 0.4) is 0 Å². The third kappa shape index (κ3) is 6.27. The molecule has 2 aromatic rings. The van der Waals surface area contributed by atoms with Gasteiger partial charge in [-0.3, -0.25) is 14.4 Å². The van der Waals surface area contributed by atoms with E-state index in [0.29, 0.717) is 22.0 Å². The van der Waals surface area contributed by atoms with Crippen LogP contribution >= 0.6 is 23.2 Å². The van der Waals surface area contributed by atoms with E-state index in [4.69, 9.17) is 23.2 Å². The summed E-state index contributed by atoms with van der Waals surface area (Å²) in [5.41, 5.74) is 0.637. The Kier molecular flexibility index (Phi) is 9.61. The highest BCUT2D eigenvalue weighted by Crippen LogP contribution is 2.31. The molecule has 0 spiro atoms. The lowest BCUT2D eigenvalue weighted by atomic mass is 10.1. The van der Waals surface area contributed by atoms with Gasteiger partial charge < -0.3 is 10.2 Å². The van der Waals surface area contributed by atoms with Crippen molar-refractivity contribution in [3.63, 3.8) is 0 Å². The molecule has 1 aliphatic heterocycles.